The van der Waals surface area contributed by atoms with Crippen LogP contribution < -0.4 is 5.32 Å². The monoisotopic (exact) mass is 210 g/mol. The first-order valence-corrected chi connectivity index (χ1v) is 6.34. The van der Waals surface area contributed by atoms with E-state index in [1.807, 2.05) is 5.51 Å². The molecule has 0 unspecified atom stereocenters. The SMILES string of the molecule is Cc1ncsc1CNCCCC1CC1. The lowest BCUT2D eigenvalue weighted by atomic mass is 10.2. The molecule has 2 nitrogen and oxygen atoms in total. The summed E-state index contributed by atoms with van der Waals surface area (Å²) in [5, 5.41) is 3.48. The number of hydrogen-bond donors (Lipinski definition) is 1. The van der Waals surface area contributed by atoms with Crippen LogP contribution in [0.5, 0.6) is 0 Å². The van der Waals surface area contributed by atoms with Crippen molar-refractivity contribution in [2.45, 2.75) is 39.2 Å². The van der Waals surface area contributed by atoms with Crippen LogP contribution in [0, 0.1) is 12.8 Å². The number of aromatic nitrogens is 1. The predicted octanol–water partition coefficient (Wildman–Crippen LogP) is 2.73. The first-order valence-electron chi connectivity index (χ1n) is 5.46. The molecule has 0 saturated heterocycles. The van der Waals surface area contributed by atoms with Crippen LogP contribution in [0.1, 0.15) is 36.3 Å². The third kappa shape index (κ3) is 3.07. The summed E-state index contributed by atoms with van der Waals surface area (Å²) in [7, 11) is 0. The molecule has 1 aromatic heterocycles. The quantitative estimate of drug-likeness (QED) is 0.730. The van der Waals surface area contributed by atoms with E-state index < -0.39 is 0 Å². The van der Waals surface area contributed by atoms with Gasteiger partial charge in [0.15, 0.2) is 0 Å². The standard InChI is InChI=1S/C11H18N2S/c1-9-11(14-8-13-9)7-12-6-2-3-10-4-5-10/h8,10,12H,2-7H2,1H3. The number of hydrogen-bond acceptors (Lipinski definition) is 3. The van der Waals surface area contributed by atoms with Gasteiger partial charge in [0.1, 0.15) is 0 Å². The number of aryl methyl sites for hydroxylation is 1. The summed E-state index contributed by atoms with van der Waals surface area (Å²) in [6.07, 6.45) is 5.72. The summed E-state index contributed by atoms with van der Waals surface area (Å²) >= 11 is 1.75. The van der Waals surface area contributed by atoms with E-state index in [1.54, 1.807) is 11.3 Å². The molecule has 1 saturated carbocycles. The Labute approximate surface area is 89.8 Å². The van der Waals surface area contributed by atoms with Gasteiger partial charge in [0, 0.05) is 11.4 Å². The van der Waals surface area contributed by atoms with E-state index in [0.29, 0.717) is 0 Å². The predicted molar refractivity (Wildman–Crippen MR) is 60.5 cm³/mol. The third-order valence-corrected chi connectivity index (χ3v) is 3.73. The second kappa shape index (κ2) is 4.89. The summed E-state index contributed by atoms with van der Waals surface area (Å²) in [5.41, 5.74) is 3.11. The Hall–Kier alpha value is -0.410. The molecular weight excluding hydrogens is 192 g/mol. The molecule has 0 aliphatic heterocycles. The van der Waals surface area contributed by atoms with Gasteiger partial charge >= 0.3 is 0 Å². The minimum Gasteiger partial charge on any atom is -0.312 e. The fraction of sp³-hybridized carbons (Fsp3) is 0.727. The van der Waals surface area contributed by atoms with Crippen LogP contribution in [0.4, 0.5) is 0 Å². The van der Waals surface area contributed by atoms with Crippen LogP contribution in [0.2, 0.25) is 0 Å². The molecule has 0 spiro atoms. The molecule has 1 heterocycles. The van der Waals surface area contributed by atoms with E-state index in [1.165, 1.54) is 36.3 Å². The normalized spacial score (nSPS) is 16.1. The molecule has 0 aromatic carbocycles. The Kier molecular flexibility index (Phi) is 3.54. The first-order chi connectivity index (χ1) is 6.86. The fourth-order valence-electron chi connectivity index (χ4n) is 1.62. The smallest absolute Gasteiger partial charge is 0.0798 e. The molecule has 1 fully saturated rings. The fourth-order valence-corrected chi connectivity index (χ4v) is 2.37. The maximum atomic E-state index is 4.23. The average molecular weight is 210 g/mol. The molecule has 0 bridgehead atoms. The molecule has 1 aromatic rings. The molecule has 1 aliphatic carbocycles. The largest absolute Gasteiger partial charge is 0.312 e. The summed E-state index contributed by atoms with van der Waals surface area (Å²) in [6, 6.07) is 0. The van der Waals surface area contributed by atoms with Crippen molar-refractivity contribution >= 4 is 11.3 Å². The van der Waals surface area contributed by atoms with Gasteiger partial charge in [-0.2, -0.15) is 0 Å². The lowest BCUT2D eigenvalue weighted by molar-refractivity contribution is 0.595. The van der Waals surface area contributed by atoms with Gasteiger partial charge in [-0.25, -0.2) is 4.98 Å². The van der Waals surface area contributed by atoms with E-state index >= 15 is 0 Å². The van der Waals surface area contributed by atoms with Gasteiger partial charge in [-0.15, -0.1) is 11.3 Å². The van der Waals surface area contributed by atoms with Crippen LogP contribution in [0.15, 0.2) is 5.51 Å². The maximum absolute atomic E-state index is 4.23. The van der Waals surface area contributed by atoms with Gasteiger partial charge in [-0.1, -0.05) is 12.8 Å². The van der Waals surface area contributed by atoms with E-state index in [2.05, 4.69) is 17.2 Å². The average Bonchev–Trinajstić information content (AvgIpc) is 2.91. The number of nitrogens with zero attached hydrogens (tertiary/aromatic N) is 1. The van der Waals surface area contributed by atoms with Gasteiger partial charge in [-0.3, -0.25) is 0 Å². The van der Waals surface area contributed by atoms with Crippen molar-refractivity contribution in [3.8, 4) is 0 Å². The molecule has 0 atom stereocenters. The topological polar surface area (TPSA) is 24.9 Å². The minimum absolute atomic E-state index is 1.00. The maximum Gasteiger partial charge on any atom is 0.0798 e. The zero-order chi connectivity index (χ0) is 9.80. The Bertz CT molecular complexity index is 279. The van der Waals surface area contributed by atoms with Crippen molar-refractivity contribution < 1.29 is 0 Å². The lowest BCUT2D eigenvalue weighted by Crippen LogP contribution is -2.14. The molecule has 1 aliphatic rings. The Morgan fingerprint density at radius 2 is 2.43 bits per heavy atom. The molecule has 78 valence electrons. The zero-order valence-electron chi connectivity index (χ0n) is 8.75. The van der Waals surface area contributed by atoms with Crippen molar-refractivity contribution in [3.05, 3.63) is 16.1 Å². The lowest BCUT2D eigenvalue weighted by Gasteiger charge is -2.02. The number of nitrogens with one attached hydrogen (secondary N) is 1. The minimum atomic E-state index is 1.00. The summed E-state index contributed by atoms with van der Waals surface area (Å²) in [5.74, 6) is 1.07. The van der Waals surface area contributed by atoms with Gasteiger partial charge in [0.25, 0.3) is 0 Å². The van der Waals surface area contributed by atoms with E-state index in [-0.39, 0.29) is 0 Å². The Balaban J connectivity index is 1.56. The molecule has 0 radical (unpaired) electrons. The highest BCUT2D eigenvalue weighted by Gasteiger charge is 2.19. The third-order valence-electron chi connectivity index (χ3n) is 2.79. The van der Waals surface area contributed by atoms with Gasteiger partial charge in [0.2, 0.25) is 0 Å². The highest BCUT2D eigenvalue weighted by molar-refractivity contribution is 7.09. The highest BCUT2D eigenvalue weighted by Crippen LogP contribution is 2.33. The second-order valence-corrected chi connectivity index (χ2v) is 5.06. The molecular formula is C11H18N2S. The van der Waals surface area contributed by atoms with Crippen LogP contribution in [-0.2, 0) is 6.54 Å². The summed E-state index contributed by atoms with van der Waals surface area (Å²) < 4.78 is 0. The van der Waals surface area contributed by atoms with Gasteiger partial charge < -0.3 is 5.32 Å². The Morgan fingerprint density at radius 3 is 3.07 bits per heavy atom. The van der Waals surface area contributed by atoms with Crippen molar-refractivity contribution in [3.63, 3.8) is 0 Å². The van der Waals surface area contributed by atoms with E-state index in [4.69, 9.17) is 0 Å². The summed E-state index contributed by atoms with van der Waals surface area (Å²) in [6.45, 7) is 4.24. The first kappa shape index (κ1) is 10.1. The van der Waals surface area contributed by atoms with E-state index in [9.17, 15) is 0 Å². The Morgan fingerprint density at radius 1 is 1.57 bits per heavy atom. The van der Waals surface area contributed by atoms with Gasteiger partial charge in [0.05, 0.1) is 11.2 Å². The number of thiazole rings is 1. The summed E-state index contributed by atoms with van der Waals surface area (Å²) in [4.78, 5) is 5.62. The van der Waals surface area contributed by atoms with Crippen LogP contribution >= 0.6 is 11.3 Å². The second-order valence-electron chi connectivity index (χ2n) is 4.12. The molecule has 14 heavy (non-hydrogen) atoms. The molecule has 2 rings (SSSR count). The van der Waals surface area contributed by atoms with Crippen molar-refractivity contribution in [2.75, 3.05) is 6.54 Å². The van der Waals surface area contributed by atoms with Crippen molar-refractivity contribution in [2.24, 2.45) is 5.92 Å². The molecule has 0 amide bonds. The van der Waals surface area contributed by atoms with E-state index in [0.717, 1.165) is 19.0 Å². The van der Waals surface area contributed by atoms with Crippen LogP contribution in [0.3, 0.4) is 0 Å². The van der Waals surface area contributed by atoms with Crippen molar-refractivity contribution in [1.82, 2.24) is 10.3 Å². The zero-order valence-corrected chi connectivity index (χ0v) is 9.57. The molecule has 3 heteroatoms. The number of rotatable bonds is 6. The van der Waals surface area contributed by atoms with Crippen molar-refractivity contribution in [1.29, 1.82) is 0 Å². The van der Waals surface area contributed by atoms with Gasteiger partial charge in [-0.05, 0) is 32.2 Å². The highest BCUT2D eigenvalue weighted by atomic mass is 32.1. The molecule has 1 N–H and O–H groups in total. The van der Waals surface area contributed by atoms with Crippen LogP contribution in [-0.4, -0.2) is 11.5 Å². The van der Waals surface area contributed by atoms with Crippen LogP contribution in [0.25, 0.3) is 0 Å².